The van der Waals surface area contributed by atoms with Crippen LogP contribution in [0.3, 0.4) is 0 Å². The summed E-state index contributed by atoms with van der Waals surface area (Å²) in [6.07, 6.45) is 0. The summed E-state index contributed by atoms with van der Waals surface area (Å²) in [6.45, 7) is 0. The fourth-order valence-corrected chi connectivity index (χ4v) is 0. The molecule has 0 aliphatic carbocycles. The van der Waals surface area contributed by atoms with Gasteiger partial charge in [-0.25, -0.2) is 0 Å². The number of hydrogen-bond donors (Lipinski definition) is 0. The third-order valence-corrected chi connectivity index (χ3v) is 0. The summed E-state index contributed by atoms with van der Waals surface area (Å²) in [4.78, 5) is 0. The van der Waals surface area contributed by atoms with Crippen molar-refractivity contribution in [2.24, 2.45) is 0 Å². The Morgan fingerprint density at radius 1 is 0.750 bits per heavy atom. The second-order valence-corrected chi connectivity index (χ2v) is 0. The average Bonchev–Trinajstić information content (AvgIpc) is 0. The van der Waals surface area contributed by atoms with Crippen molar-refractivity contribution < 1.29 is 62.9 Å². The smallest absolute Gasteiger partial charge is 2.00 e. The molecule has 0 bridgehead atoms. The van der Waals surface area contributed by atoms with Crippen molar-refractivity contribution in [3.05, 3.63) is 0 Å². The first-order valence-corrected chi connectivity index (χ1v) is 0. The number of rotatable bonds is 0. The Bertz CT molecular complexity index is 6.00. The van der Waals surface area contributed by atoms with Crippen molar-refractivity contribution in [1.29, 1.82) is 0 Å². The third kappa shape index (κ3) is 9.40. The van der Waals surface area contributed by atoms with E-state index in [9.17, 15) is 0 Å². The van der Waals surface area contributed by atoms with Crippen LogP contribution in [-0.4, -0.2) is 0 Å². The maximum absolute atomic E-state index is 0. The molecule has 0 aromatic heterocycles. The molecule has 4 heteroatoms. The van der Waals surface area contributed by atoms with Gasteiger partial charge in [-0.1, -0.05) is 0 Å². The maximum Gasteiger partial charge on any atom is 3.00 e. The first-order chi connectivity index (χ1) is 0. The van der Waals surface area contributed by atoms with Crippen molar-refractivity contribution in [2.75, 3.05) is 0 Å². The molecule has 0 aromatic rings. The summed E-state index contributed by atoms with van der Waals surface area (Å²) in [5.41, 5.74) is 0. The summed E-state index contributed by atoms with van der Waals surface area (Å²) in [5, 5.41) is 0. The normalized spacial score (nSPS) is 0. The molecule has 0 atom stereocenters. The van der Waals surface area contributed by atoms with E-state index in [0.29, 0.717) is 0 Å². The molecule has 4 heavy (non-hydrogen) atoms. The third-order valence-electron chi connectivity index (χ3n) is 0. The fraction of sp³-hybridized carbons (Fsp3) is 0. The van der Waals surface area contributed by atoms with Gasteiger partial charge in [0.1, 0.15) is 0 Å². The van der Waals surface area contributed by atoms with E-state index in [2.05, 4.69) is 0 Å². The zero-order chi connectivity index (χ0) is 0. The van der Waals surface area contributed by atoms with Gasteiger partial charge in [0.25, 0.3) is 0 Å². The van der Waals surface area contributed by atoms with Crippen LogP contribution in [0.2, 0.25) is 0 Å². The number of hydrogen-bond acceptors (Lipinski definition) is 0. The van der Waals surface area contributed by atoms with Crippen molar-refractivity contribution in [1.82, 2.24) is 0 Å². The van der Waals surface area contributed by atoms with Crippen LogP contribution in [0, 0.1) is 0 Å². The van der Waals surface area contributed by atoms with Gasteiger partial charge in [-0.05, 0) is 0 Å². The Morgan fingerprint density at radius 3 is 0.750 bits per heavy atom. The molecule has 24 valence electrons. The van der Waals surface area contributed by atoms with Crippen molar-refractivity contribution >= 4 is 0 Å². The topological polar surface area (TPSA) is 57.0 Å². The monoisotopic (exact) mass is 252 g/mol. The molecule has 0 amide bonds. The summed E-state index contributed by atoms with van der Waals surface area (Å²) in [5.74, 6) is 0. The van der Waals surface area contributed by atoms with E-state index in [1.54, 1.807) is 0 Å². The van der Waals surface area contributed by atoms with Gasteiger partial charge in [-0.2, -0.15) is 0 Å². The molecule has 0 radical (unpaired) electrons. The molecule has 0 spiro atoms. The van der Waals surface area contributed by atoms with Crippen molar-refractivity contribution in [3.8, 4) is 0 Å². The summed E-state index contributed by atoms with van der Waals surface area (Å²) in [7, 11) is 0. The summed E-state index contributed by atoms with van der Waals surface area (Å²) in [6, 6.07) is 0. The zero-order valence-electron chi connectivity index (χ0n) is 2.12. The van der Waals surface area contributed by atoms with Gasteiger partial charge in [0.05, 0.1) is 0 Å². The van der Waals surface area contributed by atoms with Crippen LogP contribution in [-0.2, 0) is 33.3 Å². The molecular formula is AuNaO2. The van der Waals surface area contributed by atoms with Crippen molar-refractivity contribution in [2.45, 2.75) is 0 Å². The molecule has 0 aromatic carbocycles. The molecule has 0 N–H and O–H groups in total. The maximum atomic E-state index is 0. The van der Waals surface area contributed by atoms with E-state index in [0.717, 1.165) is 0 Å². The molecule has 0 saturated carbocycles. The molecule has 0 unspecified atom stereocenters. The van der Waals surface area contributed by atoms with Crippen LogP contribution < -0.4 is 29.6 Å². The first kappa shape index (κ1) is 44.6. The van der Waals surface area contributed by atoms with E-state index >= 15 is 0 Å². The Balaban J connectivity index is 0. The first-order valence-electron chi connectivity index (χ1n) is 0. The van der Waals surface area contributed by atoms with E-state index in [1.807, 2.05) is 0 Å². The van der Waals surface area contributed by atoms with E-state index in [-0.39, 0.29) is 62.9 Å². The quantitative estimate of drug-likeness (QED) is 0.407. The Kier molecular flexibility index (Phi) is 253. The largest absolute Gasteiger partial charge is 3.00 e. The van der Waals surface area contributed by atoms with Crippen LogP contribution in [0.1, 0.15) is 0 Å². The SMILES string of the molecule is [Au+3].[Na+].[O-2].[O-2]. The predicted molar refractivity (Wildman–Crippen MR) is 1.37 cm³/mol. The van der Waals surface area contributed by atoms with Crippen molar-refractivity contribution in [3.63, 3.8) is 0 Å². The molecule has 0 fully saturated rings. The van der Waals surface area contributed by atoms with Gasteiger partial charge in [-0.15, -0.1) is 0 Å². The van der Waals surface area contributed by atoms with Gasteiger partial charge >= 0.3 is 51.9 Å². The fourth-order valence-electron chi connectivity index (χ4n) is 0. The summed E-state index contributed by atoms with van der Waals surface area (Å²) >= 11 is 0. The minimum atomic E-state index is 0. The average molecular weight is 252 g/mol. The second kappa shape index (κ2) is 22.7. The second-order valence-electron chi connectivity index (χ2n) is 0. The molecule has 0 rings (SSSR count). The van der Waals surface area contributed by atoms with E-state index in [1.165, 1.54) is 0 Å². The van der Waals surface area contributed by atoms with E-state index < -0.39 is 0 Å². The summed E-state index contributed by atoms with van der Waals surface area (Å²) < 4.78 is 0. The van der Waals surface area contributed by atoms with Crippen LogP contribution in [0.15, 0.2) is 0 Å². The van der Waals surface area contributed by atoms with Gasteiger partial charge in [-0.3, -0.25) is 0 Å². The van der Waals surface area contributed by atoms with Gasteiger partial charge in [0.15, 0.2) is 0 Å². The molecule has 0 aliphatic rings. The zero-order valence-corrected chi connectivity index (χ0v) is 6.28. The van der Waals surface area contributed by atoms with Crippen LogP contribution in [0.25, 0.3) is 0 Å². The van der Waals surface area contributed by atoms with E-state index in [4.69, 9.17) is 0 Å². The minimum Gasteiger partial charge on any atom is -2.00 e. The molecule has 2 nitrogen and oxygen atoms in total. The molecule has 0 saturated heterocycles. The van der Waals surface area contributed by atoms with Gasteiger partial charge in [0, 0.05) is 0 Å². The van der Waals surface area contributed by atoms with Crippen LogP contribution in [0.5, 0.6) is 0 Å². The predicted octanol–water partition coefficient (Wildman–Crippen LogP) is -3.24. The van der Waals surface area contributed by atoms with Gasteiger partial charge in [0.2, 0.25) is 0 Å². The van der Waals surface area contributed by atoms with Crippen LogP contribution in [0.4, 0.5) is 0 Å². The minimum absolute atomic E-state index is 0. The van der Waals surface area contributed by atoms with Gasteiger partial charge < -0.3 is 11.0 Å². The Morgan fingerprint density at radius 2 is 0.750 bits per heavy atom. The standard InChI is InChI=1S/Au.Na.2O/q+3;+1;2*-2. The van der Waals surface area contributed by atoms with Crippen LogP contribution >= 0.6 is 0 Å². The molecular weight excluding hydrogens is 252 g/mol. The molecule has 0 aliphatic heterocycles. The Hall–Kier alpha value is 1.66. The Labute approximate surface area is 62.4 Å². The molecule has 0 heterocycles.